The minimum atomic E-state index is -0.469. The Hall–Kier alpha value is -1.42. The normalized spacial score (nSPS) is 18.7. The Balaban J connectivity index is 2.07. The predicted molar refractivity (Wildman–Crippen MR) is 83.2 cm³/mol. The molecule has 4 nitrogen and oxygen atoms in total. The molecule has 1 heterocycles. The second-order valence-corrected chi connectivity index (χ2v) is 6.71. The molecular weight excluding hydrogens is 290 g/mol. The summed E-state index contributed by atoms with van der Waals surface area (Å²) in [5, 5.41) is 0.715. The summed E-state index contributed by atoms with van der Waals surface area (Å²) in [5.74, 6) is 1.00. The first-order valence-electron chi connectivity index (χ1n) is 7.11. The van der Waals surface area contributed by atoms with Gasteiger partial charge in [0.1, 0.15) is 11.4 Å². The number of likely N-dealkylation sites (tertiary alicyclic amines) is 1. The van der Waals surface area contributed by atoms with Crippen LogP contribution in [0.1, 0.15) is 38.7 Å². The molecule has 1 atom stereocenters. The topological polar surface area (TPSA) is 38.8 Å². The average Bonchev–Trinajstić information content (AvgIpc) is 2.87. The lowest BCUT2D eigenvalue weighted by atomic mass is 9.98. The summed E-state index contributed by atoms with van der Waals surface area (Å²) in [7, 11) is 1.63. The second-order valence-electron chi connectivity index (χ2n) is 6.30. The molecule has 0 aromatic heterocycles. The smallest absolute Gasteiger partial charge is 0.410 e. The van der Waals surface area contributed by atoms with Gasteiger partial charge in [0, 0.05) is 24.0 Å². The van der Waals surface area contributed by atoms with Gasteiger partial charge in [-0.15, -0.1) is 0 Å². The molecule has 21 heavy (non-hydrogen) atoms. The summed E-state index contributed by atoms with van der Waals surface area (Å²) in [6, 6.07) is 5.63. The zero-order valence-corrected chi connectivity index (χ0v) is 13.7. The zero-order chi connectivity index (χ0) is 15.6. The molecule has 1 aromatic rings. The van der Waals surface area contributed by atoms with Crippen LogP contribution in [-0.4, -0.2) is 36.8 Å². The Bertz CT molecular complexity index is 525. The lowest BCUT2D eigenvalue weighted by molar-refractivity contribution is 0.0292. The second kappa shape index (κ2) is 6.14. The maximum atomic E-state index is 12.1. The number of benzene rings is 1. The third kappa shape index (κ3) is 4.03. The summed E-state index contributed by atoms with van der Waals surface area (Å²) in [5.41, 5.74) is 0.560. The van der Waals surface area contributed by atoms with E-state index >= 15 is 0 Å². The van der Waals surface area contributed by atoms with Gasteiger partial charge in [-0.05, 0) is 51.0 Å². The molecular formula is C16H22ClNO3. The predicted octanol–water partition coefficient (Wildman–Crippen LogP) is 4.07. The standard InChI is InChI=1S/C16H22ClNO3/c1-16(2,3)21-15(19)18-8-7-11(10-18)13-9-12(20-4)5-6-14(13)17/h5-6,9,11H,7-8,10H2,1-4H3. The van der Waals surface area contributed by atoms with Crippen molar-refractivity contribution < 1.29 is 14.3 Å². The third-order valence-electron chi connectivity index (χ3n) is 3.48. The molecule has 1 amide bonds. The maximum Gasteiger partial charge on any atom is 0.410 e. The number of carbonyl (C=O) groups excluding carboxylic acids is 1. The molecule has 0 bridgehead atoms. The van der Waals surface area contributed by atoms with Crippen molar-refractivity contribution in [2.45, 2.75) is 38.7 Å². The van der Waals surface area contributed by atoms with Crippen molar-refractivity contribution in [1.29, 1.82) is 0 Å². The van der Waals surface area contributed by atoms with Crippen molar-refractivity contribution >= 4 is 17.7 Å². The molecule has 2 rings (SSSR count). The third-order valence-corrected chi connectivity index (χ3v) is 3.83. The van der Waals surface area contributed by atoms with Crippen molar-refractivity contribution in [2.24, 2.45) is 0 Å². The first-order chi connectivity index (χ1) is 9.80. The monoisotopic (exact) mass is 311 g/mol. The van der Waals surface area contributed by atoms with E-state index in [9.17, 15) is 4.79 Å². The van der Waals surface area contributed by atoms with E-state index in [1.807, 2.05) is 39.0 Å². The molecule has 0 radical (unpaired) electrons. The van der Waals surface area contributed by atoms with Gasteiger partial charge in [-0.25, -0.2) is 4.79 Å². The fourth-order valence-electron chi connectivity index (χ4n) is 2.47. The number of rotatable bonds is 2. The van der Waals surface area contributed by atoms with Gasteiger partial charge in [0.05, 0.1) is 7.11 Å². The van der Waals surface area contributed by atoms with Crippen molar-refractivity contribution in [3.8, 4) is 5.75 Å². The highest BCUT2D eigenvalue weighted by Gasteiger charge is 2.31. The highest BCUT2D eigenvalue weighted by molar-refractivity contribution is 6.31. The number of hydrogen-bond acceptors (Lipinski definition) is 3. The summed E-state index contributed by atoms with van der Waals surface area (Å²) in [6.07, 6.45) is 0.621. The van der Waals surface area contributed by atoms with E-state index in [1.54, 1.807) is 12.0 Å². The minimum Gasteiger partial charge on any atom is -0.497 e. The molecule has 0 N–H and O–H groups in total. The number of carbonyl (C=O) groups is 1. The number of hydrogen-bond donors (Lipinski definition) is 0. The quantitative estimate of drug-likeness (QED) is 0.826. The number of amides is 1. The van der Waals surface area contributed by atoms with Crippen LogP contribution in [0.15, 0.2) is 18.2 Å². The largest absolute Gasteiger partial charge is 0.497 e. The van der Waals surface area contributed by atoms with E-state index < -0.39 is 5.60 Å². The van der Waals surface area contributed by atoms with Crippen LogP contribution in [0.4, 0.5) is 4.79 Å². The van der Waals surface area contributed by atoms with Gasteiger partial charge < -0.3 is 14.4 Å². The van der Waals surface area contributed by atoms with E-state index in [1.165, 1.54) is 0 Å². The van der Waals surface area contributed by atoms with Crippen LogP contribution < -0.4 is 4.74 Å². The fraction of sp³-hybridized carbons (Fsp3) is 0.562. The average molecular weight is 312 g/mol. The molecule has 1 aliphatic heterocycles. The Morgan fingerprint density at radius 1 is 1.38 bits per heavy atom. The van der Waals surface area contributed by atoms with Crippen molar-refractivity contribution in [3.05, 3.63) is 28.8 Å². The van der Waals surface area contributed by atoms with E-state index in [2.05, 4.69) is 0 Å². The van der Waals surface area contributed by atoms with Gasteiger partial charge in [-0.3, -0.25) is 0 Å². The molecule has 0 aliphatic carbocycles. The van der Waals surface area contributed by atoms with Crippen LogP contribution in [0, 0.1) is 0 Å². The molecule has 0 saturated carbocycles. The van der Waals surface area contributed by atoms with Gasteiger partial charge >= 0.3 is 6.09 Å². The summed E-state index contributed by atoms with van der Waals surface area (Å²) in [4.78, 5) is 13.8. The SMILES string of the molecule is COc1ccc(Cl)c(C2CCN(C(=O)OC(C)(C)C)C2)c1. The van der Waals surface area contributed by atoms with Crippen molar-refractivity contribution in [3.63, 3.8) is 0 Å². The molecule has 1 saturated heterocycles. The Kier molecular flexibility index (Phi) is 4.67. The van der Waals surface area contributed by atoms with E-state index in [0.717, 1.165) is 17.7 Å². The highest BCUT2D eigenvalue weighted by Crippen LogP contribution is 2.34. The minimum absolute atomic E-state index is 0.222. The summed E-state index contributed by atoms with van der Waals surface area (Å²) in [6.45, 7) is 6.93. The first kappa shape index (κ1) is 16.0. The van der Waals surface area contributed by atoms with Crippen LogP contribution in [0.2, 0.25) is 5.02 Å². The Morgan fingerprint density at radius 2 is 2.10 bits per heavy atom. The number of halogens is 1. The molecule has 5 heteroatoms. The van der Waals surface area contributed by atoms with Crippen molar-refractivity contribution in [1.82, 2.24) is 4.90 Å². The van der Waals surface area contributed by atoms with Gasteiger partial charge in [-0.1, -0.05) is 11.6 Å². The summed E-state index contributed by atoms with van der Waals surface area (Å²) >= 11 is 6.28. The molecule has 1 fully saturated rings. The van der Waals surface area contributed by atoms with Crippen LogP contribution in [0.3, 0.4) is 0 Å². The zero-order valence-electron chi connectivity index (χ0n) is 13.0. The van der Waals surface area contributed by atoms with Crippen LogP contribution in [0.25, 0.3) is 0 Å². The van der Waals surface area contributed by atoms with Gasteiger partial charge in [0.15, 0.2) is 0 Å². The number of nitrogens with zero attached hydrogens (tertiary/aromatic N) is 1. The van der Waals surface area contributed by atoms with Crippen molar-refractivity contribution in [2.75, 3.05) is 20.2 Å². The van der Waals surface area contributed by atoms with Crippen LogP contribution in [0.5, 0.6) is 5.75 Å². The van der Waals surface area contributed by atoms with Gasteiger partial charge in [0.2, 0.25) is 0 Å². The van der Waals surface area contributed by atoms with E-state index in [-0.39, 0.29) is 12.0 Å². The van der Waals surface area contributed by atoms with E-state index in [4.69, 9.17) is 21.1 Å². The molecule has 1 unspecified atom stereocenters. The van der Waals surface area contributed by atoms with Crippen LogP contribution >= 0.6 is 11.6 Å². The number of methoxy groups -OCH3 is 1. The lowest BCUT2D eigenvalue weighted by Crippen LogP contribution is -2.35. The molecule has 1 aromatic carbocycles. The maximum absolute atomic E-state index is 12.1. The molecule has 1 aliphatic rings. The van der Waals surface area contributed by atoms with Crippen LogP contribution in [-0.2, 0) is 4.74 Å². The fourth-order valence-corrected chi connectivity index (χ4v) is 2.74. The lowest BCUT2D eigenvalue weighted by Gasteiger charge is -2.24. The van der Waals surface area contributed by atoms with Gasteiger partial charge in [-0.2, -0.15) is 0 Å². The Morgan fingerprint density at radius 3 is 2.71 bits per heavy atom. The first-order valence-corrected chi connectivity index (χ1v) is 7.49. The Labute approximate surface area is 131 Å². The molecule has 0 spiro atoms. The van der Waals surface area contributed by atoms with E-state index in [0.29, 0.717) is 18.1 Å². The number of ether oxygens (including phenoxy) is 2. The summed E-state index contributed by atoms with van der Waals surface area (Å²) < 4.78 is 10.7. The van der Waals surface area contributed by atoms with Gasteiger partial charge in [0.25, 0.3) is 0 Å². The molecule has 116 valence electrons. The highest BCUT2D eigenvalue weighted by atomic mass is 35.5.